The highest BCUT2D eigenvalue weighted by Crippen LogP contribution is 2.30. The first-order chi connectivity index (χ1) is 18.5. The van der Waals surface area contributed by atoms with Gasteiger partial charge in [0.05, 0.1) is 11.6 Å². The molecule has 3 heterocycles. The second-order valence-electron chi connectivity index (χ2n) is 9.97. The molecule has 1 unspecified atom stereocenters. The molecule has 1 saturated carbocycles. The van der Waals surface area contributed by atoms with Crippen molar-refractivity contribution < 1.29 is 23.9 Å². The van der Waals surface area contributed by atoms with E-state index >= 15 is 0 Å². The first-order valence-corrected chi connectivity index (χ1v) is 13.3. The molecule has 0 aromatic heterocycles. The number of imide groups is 1. The van der Waals surface area contributed by atoms with Crippen LogP contribution in [-0.2, 0) is 16.1 Å². The minimum atomic E-state index is -0.664. The molecule has 2 N–H and O–H groups in total. The van der Waals surface area contributed by atoms with Crippen LogP contribution in [0.1, 0.15) is 84.3 Å². The van der Waals surface area contributed by atoms with Crippen LogP contribution in [0, 0.1) is 11.3 Å². The third-order valence-corrected chi connectivity index (χ3v) is 7.39. The molecular weight excluding hydrogens is 487 g/mol. The van der Waals surface area contributed by atoms with E-state index < -0.39 is 11.9 Å². The molecule has 9 heteroatoms. The maximum atomic E-state index is 12.2. The fraction of sp³-hybridized carbons (Fsp3) is 0.448. The maximum Gasteiger partial charge on any atom is 0.255 e. The van der Waals surface area contributed by atoms with Crippen LogP contribution >= 0.6 is 0 Å². The summed E-state index contributed by atoms with van der Waals surface area (Å²) in [6, 6.07) is 13.6. The minimum Gasteiger partial charge on any atom is -0.322 e. The number of hydrogen-bond donors (Lipinski definition) is 2. The Balaban J connectivity index is 0.000000157. The summed E-state index contributed by atoms with van der Waals surface area (Å²) in [5, 5.41) is 14.2. The van der Waals surface area contributed by atoms with Crippen LogP contribution in [0.25, 0.3) is 0 Å². The van der Waals surface area contributed by atoms with Gasteiger partial charge in [-0.2, -0.15) is 5.26 Å². The quantitative estimate of drug-likeness (QED) is 0.584. The number of halogens is 1. The summed E-state index contributed by atoms with van der Waals surface area (Å²) in [7, 11) is 0. The van der Waals surface area contributed by atoms with Gasteiger partial charge >= 0.3 is 0 Å². The van der Waals surface area contributed by atoms with Crippen LogP contribution in [0.3, 0.4) is 0 Å². The Bertz CT molecular complexity index is 1190. The van der Waals surface area contributed by atoms with Crippen molar-refractivity contribution in [3.8, 4) is 11.8 Å². The number of nitrogens with zero attached hydrogens (tertiary/aromatic N) is 2. The normalized spacial score (nSPS) is 20.5. The monoisotopic (exact) mass is 520 g/mol. The van der Waals surface area contributed by atoms with Gasteiger partial charge in [-0.05, 0) is 41.8 Å². The number of fused-ring (bicyclic) bond motifs is 1. The van der Waals surface area contributed by atoms with Crippen LogP contribution in [0.15, 0.2) is 42.5 Å². The van der Waals surface area contributed by atoms with Gasteiger partial charge in [0.15, 0.2) is 5.75 Å². The lowest BCUT2D eigenvalue weighted by molar-refractivity contribution is -0.136. The molecule has 0 radical (unpaired) electrons. The summed E-state index contributed by atoms with van der Waals surface area (Å²) in [5.41, 5.74) is 3.05. The zero-order chi connectivity index (χ0) is 26.9. The lowest BCUT2D eigenvalue weighted by atomic mass is 9.90. The van der Waals surface area contributed by atoms with Crippen molar-refractivity contribution in [2.75, 3.05) is 13.1 Å². The first-order valence-electron chi connectivity index (χ1n) is 13.3. The maximum absolute atomic E-state index is 12.2. The highest BCUT2D eigenvalue weighted by Gasteiger charge is 2.39. The Morgan fingerprint density at radius 1 is 0.974 bits per heavy atom. The standard InChI is InChI=1S/C13H11FN2O4.C10H10N2.C6H12/c14-20-8-1-2-9-7(5-8)6-16(13(9)19)10-3-4-11(17)15-12(10)18;11-5-8-3-1-2-4-10(8)9-6-12-7-9;1-2-4-6-5-3-1/h1-2,5,10H,3-4,6H2,(H,15,17,18);1-4,9,12H,6-7H2;1-6H2. The van der Waals surface area contributed by atoms with Crippen LogP contribution in [0.5, 0.6) is 5.75 Å². The Labute approximate surface area is 222 Å². The molecule has 200 valence electrons. The van der Waals surface area contributed by atoms with Gasteiger partial charge in [-0.15, -0.1) is 0 Å². The molecule has 2 aromatic carbocycles. The lowest BCUT2D eigenvalue weighted by Crippen LogP contribution is -2.52. The largest absolute Gasteiger partial charge is 0.322 e. The van der Waals surface area contributed by atoms with E-state index in [0.29, 0.717) is 23.5 Å². The topological polar surface area (TPSA) is 112 Å². The second-order valence-corrected chi connectivity index (χ2v) is 9.97. The summed E-state index contributed by atoms with van der Waals surface area (Å²) in [5.74, 6) is -0.518. The molecule has 0 spiro atoms. The SMILES string of the molecule is C1CCCCC1.N#Cc1ccccc1C1CNC1.O=C1CCC(N2Cc3cc(OF)ccc3C2=O)C(=O)N1. The van der Waals surface area contributed by atoms with Gasteiger partial charge in [0.2, 0.25) is 11.8 Å². The zero-order valence-electron chi connectivity index (χ0n) is 21.4. The molecule has 1 atom stereocenters. The molecule has 0 bridgehead atoms. The van der Waals surface area contributed by atoms with E-state index in [0.717, 1.165) is 18.7 Å². The van der Waals surface area contributed by atoms with Crippen LogP contribution in [0.2, 0.25) is 0 Å². The van der Waals surface area contributed by atoms with Gasteiger partial charge < -0.3 is 10.2 Å². The van der Waals surface area contributed by atoms with Crippen molar-refractivity contribution in [3.63, 3.8) is 0 Å². The Kier molecular flexibility index (Phi) is 9.44. The van der Waals surface area contributed by atoms with E-state index in [4.69, 9.17) is 5.26 Å². The fourth-order valence-electron chi connectivity index (χ4n) is 5.12. The van der Waals surface area contributed by atoms with Gasteiger partial charge in [0.1, 0.15) is 6.04 Å². The van der Waals surface area contributed by atoms with E-state index in [1.54, 1.807) is 0 Å². The number of rotatable bonds is 3. The van der Waals surface area contributed by atoms with Crippen molar-refractivity contribution in [3.05, 3.63) is 64.7 Å². The molecule has 2 saturated heterocycles. The van der Waals surface area contributed by atoms with Gasteiger partial charge in [-0.25, -0.2) is 0 Å². The number of benzene rings is 2. The van der Waals surface area contributed by atoms with Gasteiger partial charge in [-0.3, -0.25) is 24.6 Å². The zero-order valence-corrected chi connectivity index (χ0v) is 21.4. The lowest BCUT2D eigenvalue weighted by Gasteiger charge is -2.29. The van der Waals surface area contributed by atoms with Crippen LogP contribution < -0.4 is 15.6 Å². The summed E-state index contributed by atoms with van der Waals surface area (Å²) < 4.78 is 12.1. The Morgan fingerprint density at radius 3 is 2.24 bits per heavy atom. The number of carbonyl (C=O) groups is 3. The molecular formula is C29H33FN4O4. The average Bonchev–Trinajstić information content (AvgIpc) is 3.25. The van der Waals surface area contributed by atoms with E-state index in [9.17, 15) is 18.9 Å². The number of amides is 3. The van der Waals surface area contributed by atoms with Gasteiger partial charge in [0.25, 0.3) is 5.91 Å². The highest BCUT2D eigenvalue weighted by atomic mass is 19.3. The number of piperidine rings is 1. The predicted octanol–water partition coefficient (Wildman–Crippen LogP) is 4.30. The number of nitrogens with one attached hydrogen (secondary N) is 2. The molecule has 6 rings (SSSR count). The number of nitriles is 1. The first kappa shape index (κ1) is 27.3. The van der Waals surface area contributed by atoms with Crippen LogP contribution in [-0.4, -0.2) is 41.8 Å². The molecule has 1 aliphatic carbocycles. The Hall–Kier alpha value is -3.77. The molecule has 38 heavy (non-hydrogen) atoms. The molecule has 2 aromatic rings. The van der Waals surface area contributed by atoms with Crippen molar-refractivity contribution >= 4 is 17.7 Å². The molecule has 3 fully saturated rings. The van der Waals surface area contributed by atoms with E-state index in [1.165, 1.54) is 67.2 Å². The predicted molar refractivity (Wildman–Crippen MR) is 139 cm³/mol. The van der Waals surface area contributed by atoms with E-state index in [1.807, 2.05) is 24.3 Å². The third kappa shape index (κ3) is 6.56. The third-order valence-electron chi connectivity index (χ3n) is 7.39. The van der Waals surface area contributed by atoms with Crippen molar-refractivity contribution in [2.45, 2.75) is 69.9 Å². The molecule has 8 nitrogen and oxygen atoms in total. The second kappa shape index (κ2) is 13.2. The summed E-state index contributed by atoms with van der Waals surface area (Å²) >= 11 is 0. The average molecular weight is 521 g/mol. The highest BCUT2D eigenvalue weighted by molar-refractivity contribution is 6.05. The van der Waals surface area contributed by atoms with Crippen molar-refractivity contribution in [2.24, 2.45) is 0 Å². The molecule has 3 aliphatic heterocycles. The Morgan fingerprint density at radius 2 is 1.66 bits per heavy atom. The summed E-state index contributed by atoms with van der Waals surface area (Å²) in [6.45, 7) is 2.23. The van der Waals surface area contributed by atoms with Crippen LogP contribution in [0.4, 0.5) is 4.53 Å². The fourth-order valence-corrected chi connectivity index (χ4v) is 5.12. The van der Waals surface area contributed by atoms with E-state index in [2.05, 4.69) is 21.6 Å². The summed E-state index contributed by atoms with van der Waals surface area (Å²) in [6.07, 6.45) is 9.51. The number of carbonyl (C=O) groups excluding carboxylic acids is 3. The van der Waals surface area contributed by atoms with Crippen molar-refractivity contribution in [1.29, 1.82) is 5.26 Å². The van der Waals surface area contributed by atoms with Gasteiger partial charge in [-0.1, -0.05) is 56.7 Å². The van der Waals surface area contributed by atoms with Gasteiger partial charge in [0, 0.05) is 42.1 Å². The van der Waals surface area contributed by atoms with E-state index in [-0.39, 0.29) is 30.5 Å². The smallest absolute Gasteiger partial charge is 0.255 e. The summed E-state index contributed by atoms with van der Waals surface area (Å²) in [4.78, 5) is 40.2. The number of hydrogen-bond acceptors (Lipinski definition) is 6. The molecule has 4 aliphatic rings. The minimum absolute atomic E-state index is 0.0154. The molecule has 3 amide bonds. The van der Waals surface area contributed by atoms with Crippen molar-refractivity contribution in [1.82, 2.24) is 15.5 Å².